The van der Waals surface area contributed by atoms with Crippen molar-refractivity contribution < 1.29 is 14.3 Å². The fourth-order valence-corrected chi connectivity index (χ4v) is 4.34. The van der Waals surface area contributed by atoms with E-state index in [2.05, 4.69) is 4.98 Å². The third-order valence-electron chi connectivity index (χ3n) is 4.98. The summed E-state index contributed by atoms with van der Waals surface area (Å²) in [6.07, 6.45) is 4.78. The van der Waals surface area contributed by atoms with Gasteiger partial charge >= 0.3 is 0 Å². The fraction of sp³-hybridized carbons (Fsp3) is 0.318. The number of nitrogens with zero attached hydrogens (tertiary/aromatic N) is 3. The second-order valence-corrected chi connectivity index (χ2v) is 7.73. The van der Waals surface area contributed by atoms with Crippen molar-refractivity contribution in [3.8, 4) is 22.2 Å². The Morgan fingerprint density at radius 2 is 2.07 bits per heavy atom. The van der Waals surface area contributed by atoms with Crippen LogP contribution in [0.5, 0.6) is 11.6 Å². The molecule has 0 radical (unpaired) electrons. The first-order chi connectivity index (χ1) is 14.2. The molecule has 7 heteroatoms. The predicted octanol–water partition coefficient (Wildman–Crippen LogP) is 4.35. The Morgan fingerprint density at radius 1 is 1.21 bits per heavy atom. The predicted molar refractivity (Wildman–Crippen MR) is 112 cm³/mol. The van der Waals surface area contributed by atoms with Crippen LogP contribution in [0.15, 0.2) is 54.0 Å². The van der Waals surface area contributed by atoms with Gasteiger partial charge in [0.25, 0.3) is 5.91 Å². The minimum atomic E-state index is -0.00756. The molecule has 1 aromatic carbocycles. The summed E-state index contributed by atoms with van der Waals surface area (Å²) in [4.78, 5) is 23.8. The minimum absolute atomic E-state index is 0.000725. The Labute approximate surface area is 174 Å². The van der Waals surface area contributed by atoms with Crippen LogP contribution in [0.4, 0.5) is 0 Å². The molecule has 4 rings (SSSR count). The van der Waals surface area contributed by atoms with Crippen molar-refractivity contribution in [2.75, 3.05) is 20.3 Å². The van der Waals surface area contributed by atoms with E-state index in [1.807, 2.05) is 52.7 Å². The van der Waals surface area contributed by atoms with E-state index >= 15 is 0 Å². The highest BCUT2D eigenvalue weighted by Gasteiger charge is 2.30. The molecule has 6 nitrogen and oxygen atoms in total. The number of carbonyl (C=O) groups is 1. The first-order valence-electron chi connectivity index (χ1n) is 9.68. The Kier molecular flexibility index (Phi) is 6.05. The van der Waals surface area contributed by atoms with Gasteiger partial charge in [-0.2, -0.15) is 0 Å². The molecule has 29 heavy (non-hydrogen) atoms. The normalized spacial score (nSPS) is 16.4. The molecule has 3 aromatic rings. The number of benzene rings is 1. The van der Waals surface area contributed by atoms with Gasteiger partial charge in [-0.05, 0) is 37.5 Å². The van der Waals surface area contributed by atoms with Crippen molar-refractivity contribution in [2.24, 2.45) is 0 Å². The zero-order chi connectivity index (χ0) is 20.1. The van der Waals surface area contributed by atoms with Crippen molar-refractivity contribution >= 4 is 17.2 Å². The van der Waals surface area contributed by atoms with E-state index in [0.717, 1.165) is 42.1 Å². The van der Waals surface area contributed by atoms with Gasteiger partial charge in [0, 0.05) is 29.8 Å². The molecule has 1 aliphatic heterocycles. The van der Waals surface area contributed by atoms with Crippen LogP contribution in [0.2, 0.25) is 0 Å². The van der Waals surface area contributed by atoms with Crippen LogP contribution >= 0.6 is 11.3 Å². The van der Waals surface area contributed by atoms with Crippen LogP contribution in [0.25, 0.3) is 10.6 Å². The number of rotatable bonds is 6. The van der Waals surface area contributed by atoms with Crippen molar-refractivity contribution in [1.29, 1.82) is 0 Å². The summed E-state index contributed by atoms with van der Waals surface area (Å²) in [7, 11) is 1.60. The Balaban J connectivity index is 1.47. The van der Waals surface area contributed by atoms with Gasteiger partial charge in [0.05, 0.1) is 18.8 Å². The first kappa shape index (κ1) is 19.4. The Hall–Kier alpha value is -2.93. The van der Waals surface area contributed by atoms with E-state index in [1.165, 1.54) is 0 Å². The smallest absolute Gasteiger partial charge is 0.261 e. The van der Waals surface area contributed by atoms with Gasteiger partial charge in [-0.3, -0.25) is 4.79 Å². The monoisotopic (exact) mass is 409 g/mol. The molecular weight excluding hydrogens is 386 g/mol. The van der Waals surface area contributed by atoms with Crippen LogP contribution in [0, 0.1) is 0 Å². The molecule has 1 amide bonds. The summed E-state index contributed by atoms with van der Waals surface area (Å²) < 4.78 is 10.8. The number of ether oxygens (including phenoxy) is 2. The van der Waals surface area contributed by atoms with Gasteiger partial charge in [-0.25, -0.2) is 9.97 Å². The third kappa shape index (κ3) is 4.56. The summed E-state index contributed by atoms with van der Waals surface area (Å²) in [5.41, 5.74) is 1.89. The van der Waals surface area contributed by atoms with Crippen LogP contribution in [0.3, 0.4) is 0 Å². The van der Waals surface area contributed by atoms with Crippen molar-refractivity contribution in [3.63, 3.8) is 0 Å². The molecule has 0 unspecified atom stereocenters. The number of carbonyl (C=O) groups excluding carboxylic acids is 1. The molecule has 150 valence electrons. The van der Waals surface area contributed by atoms with Crippen molar-refractivity contribution in [1.82, 2.24) is 14.9 Å². The van der Waals surface area contributed by atoms with E-state index in [9.17, 15) is 4.79 Å². The number of methoxy groups -OCH3 is 1. The maximum absolute atomic E-state index is 12.9. The lowest BCUT2D eigenvalue weighted by atomic mass is 10.00. The number of thiazole rings is 1. The van der Waals surface area contributed by atoms with Crippen molar-refractivity contribution in [3.05, 3.63) is 59.7 Å². The van der Waals surface area contributed by atoms with E-state index in [4.69, 9.17) is 14.5 Å². The highest BCUT2D eigenvalue weighted by Crippen LogP contribution is 2.34. The summed E-state index contributed by atoms with van der Waals surface area (Å²) in [6, 6.07) is 13.2. The minimum Gasteiger partial charge on any atom is -0.484 e. The van der Waals surface area contributed by atoms with Crippen LogP contribution in [-0.4, -0.2) is 41.0 Å². The molecular formula is C22H23N3O3S. The summed E-state index contributed by atoms with van der Waals surface area (Å²) in [5.74, 6) is 1.28. The standard InChI is InChI=1S/C22H23N3O3S/c1-27-20-11-10-16(13-23-20)22-24-18(15-29-22)19-9-5-6-12-25(19)21(26)14-28-17-7-3-2-4-8-17/h2-4,7-8,10-11,13,15,19H,5-6,9,12,14H2,1H3/t19-/m1/s1. The third-order valence-corrected chi connectivity index (χ3v) is 5.89. The molecule has 0 aliphatic carbocycles. The van der Waals surface area contributed by atoms with E-state index in [1.54, 1.807) is 24.6 Å². The molecule has 1 saturated heterocycles. The van der Waals surface area contributed by atoms with Gasteiger partial charge in [0.15, 0.2) is 6.61 Å². The quantitative estimate of drug-likeness (QED) is 0.606. The molecule has 0 N–H and O–H groups in total. The summed E-state index contributed by atoms with van der Waals surface area (Å²) >= 11 is 1.57. The number of hydrogen-bond donors (Lipinski definition) is 0. The molecule has 0 bridgehead atoms. The Bertz CT molecular complexity index is 943. The zero-order valence-corrected chi connectivity index (χ0v) is 17.1. The first-order valence-corrected chi connectivity index (χ1v) is 10.6. The van der Waals surface area contributed by atoms with Gasteiger partial charge in [0.1, 0.15) is 10.8 Å². The van der Waals surface area contributed by atoms with Crippen LogP contribution in [0.1, 0.15) is 31.0 Å². The molecule has 3 heterocycles. The van der Waals surface area contributed by atoms with Crippen LogP contribution < -0.4 is 9.47 Å². The lowest BCUT2D eigenvalue weighted by molar-refractivity contribution is -0.137. The lowest BCUT2D eigenvalue weighted by Crippen LogP contribution is -2.41. The highest BCUT2D eigenvalue weighted by molar-refractivity contribution is 7.13. The van der Waals surface area contributed by atoms with Crippen LogP contribution in [-0.2, 0) is 4.79 Å². The van der Waals surface area contributed by atoms with Gasteiger partial charge in [-0.1, -0.05) is 18.2 Å². The molecule has 0 spiro atoms. The number of para-hydroxylation sites is 1. The number of amides is 1. The van der Waals surface area contributed by atoms with E-state index in [-0.39, 0.29) is 18.6 Å². The van der Waals surface area contributed by atoms with Gasteiger partial charge in [0.2, 0.25) is 5.88 Å². The summed E-state index contributed by atoms with van der Waals surface area (Å²) in [5, 5.41) is 2.95. The second-order valence-electron chi connectivity index (χ2n) is 6.87. The van der Waals surface area contributed by atoms with Gasteiger partial charge < -0.3 is 14.4 Å². The largest absolute Gasteiger partial charge is 0.484 e. The molecule has 0 saturated carbocycles. The molecule has 1 aliphatic rings. The fourth-order valence-electron chi connectivity index (χ4n) is 3.48. The van der Waals surface area contributed by atoms with Crippen molar-refractivity contribution in [2.45, 2.75) is 25.3 Å². The van der Waals surface area contributed by atoms with E-state index < -0.39 is 0 Å². The SMILES string of the molecule is COc1ccc(-c2nc([C@H]3CCCCN3C(=O)COc3ccccc3)cs2)cn1. The molecule has 2 aromatic heterocycles. The Morgan fingerprint density at radius 3 is 2.83 bits per heavy atom. The molecule has 1 atom stereocenters. The number of pyridine rings is 1. The van der Waals surface area contributed by atoms with Gasteiger partial charge in [-0.15, -0.1) is 11.3 Å². The summed E-state index contributed by atoms with van der Waals surface area (Å²) in [6.45, 7) is 0.776. The zero-order valence-electron chi connectivity index (χ0n) is 16.3. The number of hydrogen-bond acceptors (Lipinski definition) is 6. The van der Waals surface area contributed by atoms with E-state index in [0.29, 0.717) is 11.6 Å². The molecule has 1 fully saturated rings. The topological polar surface area (TPSA) is 64.5 Å². The number of aromatic nitrogens is 2. The average molecular weight is 410 g/mol. The maximum Gasteiger partial charge on any atom is 0.261 e. The number of piperidine rings is 1. The highest BCUT2D eigenvalue weighted by atomic mass is 32.1. The lowest BCUT2D eigenvalue weighted by Gasteiger charge is -2.34. The average Bonchev–Trinajstić information content (AvgIpc) is 3.28. The second kappa shape index (κ2) is 9.05. The number of likely N-dealkylation sites (tertiary alicyclic amines) is 1. The maximum atomic E-state index is 12.9.